The van der Waals surface area contributed by atoms with Gasteiger partial charge in [-0.15, -0.1) is 0 Å². The van der Waals surface area contributed by atoms with E-state index in [9.17, 15) is 18.7 Å². The van der Waals surface area contributed by atoms with Crippen molar-refractivity contribution in [3.05, 3.63) is 53.7 Å². The predicted octanol–water partition coefficient (Wildman–Crippen LogP) is 3.90. The molecule has 0 fully saturated rings. The fraction of sp³-hybridized carbons (Fsp3) is 0.111. The number of ether oxygens (including phenoxy) is 2. The molecule has 0 saturated carbocycles. The Morgan fingerprint density at radius 2 is 1.72 bits per heavy atom. The van der Waals surface area contributed by atoms with Crippen LogP contribution >= 0.6 is 0 Å². The van der Waals surface area contributed by atoms with Crippen molar-refractivity contribution < 1.29 is 28.2 Å². The van der Waals surface area contributed by atoms with Gasteiger partial charge in [0.05, 0.1) is 30.9 Å². The molecule has 0 atom stereocenters. The van der Waals surface area contributed by atoms with Gasteiger partial charge in [-0.25, -0.2) is 13.6 Å². The zero-order chi connectivity index (χ0) is 18.1. The molecule has 3 rings (SSSR count). The average molecular weight is 345 g/mol. The summed E-state index contributed by atoms with van der Waals surface area (Å²) in [5.41, 5.74) is -0.144. The van der Waals surface area contributed by atoms with E-state index in [0.29, 0.717) is 5.39 Å². The topological polar surface area (TPSA) is 68.7 Å². The van der Waals surface area contributed by atoms with Crippen LogP contribution in [0.3, 0.4) is 0 Å². The summed E-state index contributed by atoms with van der Waals surface area (Å²) in [7, 11) is 2.51. The molecule has 1 aromatic heterocycles. The van der Waals surface area contributed by atoms with Crippen molar-refractivity contribution in [1.29, 1.82) is 0 Å². The molecule has 3 aromatic rings. The van der Waals surface area contributed by atoms with Crippen LogP contribution in [0.5, 0.6) is 11.5 Å². The molecule has 0 radical (unpaired) electrons. The number of rotatable bonds is 4. The van der Waals surface area contributed by atoms with Crippen molar-refractivity contribution in [3.8, 4) is 22.6 Å². The molecule has 0 bridgehead atoms. The first-order valence-corrected chi connectivity index (χ1v) is 7.21. The number of halogens is 2. The molecule has 0 spiro atoms. The van der Waals surface area contributed by atoms with Crippen molar-refractivity contribution in [2.45, 2.75) is 0 Å². The van der Waals surface area contributed by atoms with Crippen LogP contribution < -0.4 is 9.47 Å². The van der Waals surface area contributed by atoms with Crippen molar-refractivity contribution in [2.75, 3.05) is 14.2 Å². The summed E-state index contributed by atoms with van der Waals surface area (Å²) in [6, 6.07) is 6.82. The second-order valence-corrected chi connectivity index (χ2v) is 5.15. The van der Waals surface area contributed by atoms with Gasteiger partial charge in [-0.1, -0.05) is 12.1 Å². The van der Waals surface area contributed by atoms with Crippen LogP contribution in [-0.4, -0.2) is 30.3 Å². The highest BCUT2D eigenvalue weighted by Crippen LogP contribution is 2.40. The summed E-state index contributed by atoms with van der Waals surface area (Å²) in [5.74, 6) is -3.37. The standard InChI is InChI=1S/C18H13F2NO4/c1-24-12-8-13(25-2)16(20)14(15(12)19)9-5-6-11(18(22)23)17-10(9)4-3-7-21-17/h3-8H,1-2H3,(H,22,23). The highest BCUT2D eigenvalue weighted by atomic mass is 19.1. The number of fused-ring (bicyclic) bond motifs is 1. The lowest BCUT2D eigenvalue weighted by Crippen LogP contribution is -2.02. The number of hydrogen-bond donors (Lipinski definition) is 1. The second-order valence-electron chi connectivity index (χ2n) is 5.15. The smallest absolute Gasteiger partial charge is 0.337 e. The van der Waals surface area contributed by atoms with Gasteiger partial charge in [-0.2, -0.15) is 0 Å². The van der Waals surface area contributed by atoms with Gasteiger partial charge in [0.1, 0.15) is 0 Å². The number of nitrogens with zero attached hydrogens (tertiary/aromatic N) is 1. The number of aromatic nitrogens is 1. The number of hydrogen-bond acceptors (Lipinski definition) is 4. The van der Waals surface area contributed by atoms with Gasteiger partial charge in [0.25, 0.3) is 0 Å². The lowest BCUT2D eigenvalue weighted by atomic mass is 9.96. The molecule has 1 N–H and O–H groups in total. The SMILES string of the molecule is COc1cc(OC)c(F)c(-c2ccc(C(=O)O)c3ncccc23)c1F. The number of carbonyl (C=O) groups is 1. The molecule has 0 saturated heterocycles. The highest BCUT2D eigenvalue weighted by molar-refractivity contribution is 6.07. The van der Waals surface area contributed by atoms with Crippen LogP contribution in [0.15, 0.2) is 36.5 Å². The van der Waals surface area contributed by atoms with Gasteiger partial charge in [0.2, 0.25) is 0 Å². The minimum absolute atomic E-state index is 0.0602. The molecule has 0 aliphatic carbocycles. The monoisotopic (exact) mass is 345 g/mol. The first-order valence-electron chi connectivity index (χ1n) is 7.21. The zero-order valence-corrected chi connectivity index (χ0v) is 13.3. The molecule has 1 heterocycles. The third-order valence-corrected chi connectivity index (χ3v) is 3.84. The van der Waals surface area contributed by atoms with Crippen molar-refractivity contribution in [1.82, 2.24) is 4.98 Å². The van der Waals surface area contributed by atoms with E-state index in [1.807, 2.05) is 0 Å². The number of pyridine rings is 1. The molecule has 0 aliphatic heterocycles. The summed E-state index contributed by atoms with van der Waals surface area (Å²) < 4.78 is 39.4. The van der Waals surface area contributed by atoms with E-state index in [1.165, 1.54) is 32.5 Å². The Labute approximate surface area is 141 Å². The van der Waals surface area contributed by atoms with Crippen molar-refractivity contribution in [2.24, 2.45) is 0 Å². The quantitative estimate of drug-likeness (QED) is 0.777. The Kier molecular flexibility index (Phi) is 4.22. The molecular weight excluding hydrogens is 332 g/mol. The van der Waals surface area contributed by atoms with E-state index in [4.69, 9.17) is 9.47 Å². The molecule has 0 amide bonds. The van der Waals surface area contributed by atoms with Crippen LogP contribution in [-0.2, 0) is 0 Å². The van der Waals surface area contributed by atoms with Crippen LogP contribution in [0.2, 0.25) is 0 Å². The Bertz CT molecular complexity index is 960. The van der Waals surface area contributed by atoms with Crippen LogP contribution in [0.25, 0.3) is 22.0 Å². The maximum atomic E-state index is 14.8. The molecule has 5 nitrogen and oxygen atoms in total. The summed E-state index contributed by atoms with van der Waals surface area (Å²) in [4.78, 5) is 15.4. The molecule has 0 aliphatic rings. The number of carboxylic acids is 1. The van der Waals surface area contributed by atoms with Crippen molar-refractivity contribution >= 4 is 16.9 Å². The predicted molar refractivity (Wildman–Crippen MR) is 87.2 cm³/mol. The van der Waals surface area contributed by atoms with Gasteiger partial charge in [0.15, 0.2) is 23.1 Å². The van der Waals surface area contributed by atoms with Crippen LogP contribution in [0, 0.1) is 11.6 Å². The number of carboxylic acid groups (broad SMARTS) is 1. The molecule has 128 valence electrons. The molecule has 25 heavy (non-hydrogen) atoms. The number of methoxy groups -OCH3 is 2. The van der Waals surface area contributed by atoms with Crippen molar-refractivity contribution in [3.63, 3.8) is 0 Å². The molecular formula is C18H13F2NO4. The van der Waals surface area contributed by atoms with E-state index in [2.05, 4.69) is 4.98 Å². The Balaban J connectivity index is 2.42. The Morgan fingerprint density at radius 1 is 1.08 bits per heavy atom. The van der Waals surface area contributed by atoms with E-state index in [0.717, 1.165) is 6.07 Å². The Morgan fingerprint density at radius 3 is 2.28 bits per heavy atom. The summed E-state index contributed by atoms with van der Waals surface area (Å²) in [6.45, 7) is 0. The highest BCUT2D eigenvalue weighted by Gasteiger charge is 2.24. The lowest BCUT2D eigenvalue weighted by molar-refractivity contribution is 0.0699. The first kappa shape index (κ1) is 16.6. The van der Waals surface area contributed by atoms with Crippen LogP contribution in [0.1, 0.15) is 10.4 Å². The summed E-state index contributed by atoms with van der Waals surface area (Å²) >= 11 is 0. The fourth-order valence-corrected chi connectivity index (χ4v) is 2.69. The van der Waals surface area contributed by atoms with E-state index in [1.54, 1.807) is 12.1 Å². The summed E-state index contributed by atoms with van der Waals surface area (Å²) in [6.07, 6.45) is 1.41. The van der Waals surface area contributed by atoms with E-state index >= 15 is 0 Å². The number of aromatic carboxylic acids is 1. The Hall–Kier alpha value is -3.22. The minimum atomic E-state index is -1.18. The average Bonchev–Trinajstić information content (AvgIpc) is 2.62. The molecule has 0 unspecified atom stereocenters. The maximum Gasteiger partial charge on any atom is 0.337 e. The molecule has 7 heteroatoms. The number of benzene rings is 2. The van der Waals surface area contributed by atoms with Crippen LogP contribution in [0.4, 0.5) is 8.78 Å². The van der Waals surface area contributed by atoms with Gasteiger partial charge in [0, 0.05) is 17.6 Å². The van der Waals surface area contributed by atoms with Gasteiger partial charge in [-0.05, 0) is 17.7 Å². The van der Waals surface area contributed by atoms with Gasteiger partial charge in [-0.3, -0.25) is 4.98 Å². The van der Waals surface area contributed by atoms with Gasteiger partial charge >= 0.3 is 5.97 Å². The second kappa shape index (κ2) is 6.35. The normalized spacial score (nSPS) is 10.7. The van der Waals surface area contributed by atoms with E-state index < -0.39 is 17.6 Å². The summed E-state index contributed by atoms with van der Waals surface area (Å²) in [5, 5.41) is 9.59. The fourth-order valence-electron chi connectivity index (χ4n) is 2.69. The largest absolute Gasteiger partial charge is 0.494 e. The van der Waals surface area contributed by atoms with E-state index in [-0.39, 0.29) is 33.7 Å². The van der Waals surface area contributed by atoms with Gasteiger partial charge < -0.3 is 14.6 Å². The minimum Gasteiger partial charge on any atom is -0.494 e. The molecule has 2 aromatic carbocycles. The lowest BCUT2D eigenvalue weighted by Gasteiger charge is -2.14. The zero-order valence-electron chi connectivity index (χ0n) is 13.3. The third kappa shape index (κ3) is 2.63. The third-order valence-electron chi connectivity index (χ3n) is 3.84. The maximum absolute atomic E-state index is 14.8. The first-order chi connectivity index (χ1) is 12.0.